The van der Waals surface area contributed by atoms with Crippen molar-refractivity contribution in [1.82, 2.24) is 4.90 Å². The van der Waals surface area contributed by atoms with Crippen LogP contribution in [0.25, 0.3) is 0 Å². The highest BCUT2D eigenvalue weighted by Gasteiger charge is 2.28. The number of carbonyl (C=O) groups excluding carboxylic acids is 3. The summed E-state index contributed by atoms with van der Waals surface area (Å²) < 4.78 is 5.64. The lowest BCUT2D eigenvalue weighted by atomic mass is 10.1. The van der Waals surface area contributed by atoms with Gasteiger partial charge in [0, 0.05) is 18.5 Å². The highest BCUT2D eigenvalue weighted by Crippen LogP contribution is 2.22. The van der Waals surface area contributed by atoms with E-state index in [0.29, 0.717) is 5.69 Å². The molecule has 0 spiro atoms. The number of hydrogen-bond donors (Lipinski definition) is 1. The average molecular weight is 366 g/mol. The van der Waals surface area contributed by atoms with E-state index in [9.17, 15) is 14.4 Å². The Morgan fingerprint density at radius 1 is 1.00 bits per heavy atom. The number of nitrogens with zero attached hydrogens (tertiary/aromatic N) is 1. The van der Waals surface area contributed by atoms with Crippen molar-refractivity contribution in [1.29, 1.82) is 0 Å². The Morgan fingerprint density at radius 3 is 2.19 bits per heavy atom. The topological polar surface area (TPSA) is 75.7 Å². The summed E-state index contributed by atoms with van der Waals surface area (Å²) in [7, 11) is 0. The molecule has 6 heteroatoms. The lowest BCUT2D eigenvalue weighted by Crippen LogP contribution is -2.28. The van der Waals surface area contributed by atoms with Gasteiger partial charge in [-0.15, -0.1) is 0 Å². The Balaban J connectivity index is 1.54. The maximum absolute atomic E-state index is 12.1. The second-order valence-electron chi connectivity index (χ2n) is 6.63. The first-order valence-electron chi connectivity index (χ1n) is 8.85. The van der Waals surface area contributed by atoms with Gasteiger partial charge in [-0.25, -0.2) is 0 Å². The van der Waals surface area contributed by atoms with E-state index < -0.39 is 0 Å². The van der Waals surface area contributed by atoms with Gasteiger partial charge < -0.3 is 10.1 Å². The summed E-state index contributed by atoms with van der Waals surface area (Å²) in [6.07, 6.45) is 0.570. The van der Waals surface area contributed by atoms with Gasteiger partial charge in [0.05, 0.1) is 6.54 Å². The molecule has 3 rings (SSSR count). The zero-order valence-corrected chi connectivity index (χ0v) is 15.5. The van der Waals surface area contributed by atoms with Gasteiger partial charge in [-0.05, 0) is 42.7 Å². The second-order valence-corrected chi connectivity index (χ2v) is 6.63. The fraction of sp³-hybridized carbons (Fsp3) is 0.286. The van der Waals surface area contributed by atoms with Crippen LogP contribution in [0.3, 0.4) is 0 Å². The molecule has 1 heterocycles. The van der Waals surface area contributed by atoms with Gasteiger partial charge in [-0.2, -0.15) is 0 Å². The Bertz CT molecular complexity index is 838. The third-order valence-electron chi connectivity index (χ3n) is 4.49. The number of rotatable bonds is 6. The molecule has 1 aliphatic heterocycles. The third-order valence-corrected chi connectivity index (χ3v) is 4.49. The molecule has 3 amide bonds. The Labute approximate surface area is 158 Å². The molecule has 0 atom stereocenters. The normalized spacial score (nSPS) is 13.8. The van der Waals surface area contributed by atoms with E-state index in [2.05, 4.69) is 5.32 Å². The number of hydrogen-bond acceptors (Lipinski definition) is 4. The third kappa shape index (κ3) is 4.53. The maximum Gasteiger partial charge on any atom is 0.262 e. The van der Waals surface area contributed by atoms with Gasteiger partial charge in [0.15, 0.2) is 6.61 Å². The summed E-state index contributed by atoms with van der Waals surface area (Å²) in [6, 6.07) is 12.9. The van der Waals surface area contributed by atoms with Gasteiger partial charge in [0.25, 0.3) is 5.91 Å². The van der Waals surface area contributed by atoms with Crippen LogP contribution in [0, 0.1) is 13.8 Å². The highest BCUT2D eigenvalue weighted by atomic mass is 16.5. The summed E-state index contributed by atoms with van der Waals surface area (Å²) in [5.41, 5.74) is 3.44. The molecular formula is C21H22N2O4. The quantitative estimate of drug-likeness (QED) is 0.798. The minimum Gasteiger partial charge on any atom is -0.483 e. The zero-order chi connectivity index (χ0) is 19.4. The highest BCUT2D eigenvalue weighted by molar-refractivity contribution is 6.01. The standard InChI is InChI=1S/C21H22N2O4/c1-14-4-3-5-15(2)21(14)27-13-18(24)22-17-8-6-16(7-9-17)12-23-19(25)10-11-20(23)26/h3-9H,10-13H2,1-2H3,(H,22,24). The first-order valence-corrected chi connectivity index (χ1v) is 8.85. The molecule has 2 aromatic carbocycles. The molecular weight excluding hydrogens is 344 g/mol. The van der Waals surface area contributed by atoms with Crippen LogP contribution in [0.2, 0.25) is 0 Å². The number of likely N-dealkylation sites (tertiary alicyclic amines) is 1. The molecule has 0 bridgehead atoms. The number of anilines is 1. The first-order chi connectivity index (χ1) is 12.9. The van der Waals surface area contributed by atoms with Crippen molar-refractivity contribution < 1.29 is 19.1 Å². The first kappa shape index (κ1) is 18.6. The lowest BCUT2D eigenvalue weighted by molar-refractivity contribution is -0.139. The largest absolute Gasteiger partial charge is 0.483 e. The zero-order valence-electron chi connectivity index (χ0n) is 15.5. The number of amides is 3. The smallest absolute Gasteiger partial charge is 0.262 e. The van der Waals surface area contributed by atoms with Gasteiger partial charge >= 0.3 is 0 Å². The predicted octanol–water partition coefficient (Wildman–Crippen LogP) is 2.97. The minimum atomic E-state index is -0.254. The van der Waals surface area contributed by atoms with Gasteiger partial charge in [-0.3, -0.25) is 19.3 Å². The van der Waals surface area contributed by atoms with E-state index in [0.717, 1.165) is 22.4 Å². The van der Waals surface area contributed by atoms with Crippen LogP contribution in [-0.4, -0.2) is 29.2 Å². The van der Waals surface area contributed by atoms with Crippen LogP contribution >= 0.6 is 0 Å². The summed E-state index contributed by atoms with van der Waals surface area (Å²) in [6.45, 7) is 4.06. The molecule has 140 valence electrons. The van der Waals surface area contributed by atoms with Crippen molar-refractivity contribution in [2.45, 2.75) is 33.2 Å². The van der Waals surface area contributed by atoms with Gasteiger partial charge in [0.2, 0.25) is 11.8 Å². The van der Waals surface area contributed by atoms with E-state index in [1.807, 2.05) is 32.0 Å². The molecule has 0 aliphatic carbocycles. The van der Waals surface area contributed by atoms with Crippen LogP contribution in [0.5, 0.6) is 5.75 Å². The molecule has 0 unspecified atom stereocenters. The number of aryl methyl sites for hydroxylation is 2. The van der Waals surface area contributed by atoms with Gasteiger partial charge in [-0.1, -0.05) is 30.3 Å². The summed E-state index contributed by atoms with van der Waals surface area (Å²) in [5, 5.41) is 2.78. The lowest BCUT2D eigenvalue weighted by Gasteiger charge is -2.14. The van der Waals surface area contributed by atoms with Crippen LogP contribution in [0.15, 0.2) is 42.5 Å². The van der Waals surface area contributed by atoms with E-state index >= 15 is 0 Å². The summed E-state index contributed by atoms with van der Waals surface area (Å²) >= 11 is 0. The van der Waals surface area contributed by atoms with E-state index in [1.54, 1.807) is 24.3 Å². The SMILES string of the molecule is Cc1cccc(C)c1OCC(=O)Nc1ccc(CN2C(=O)CCC2=O)cc1. The Kier molecular flexibility index (Phi) is 5.54. The maximum atomic E-state index is 12.1. The van der Waals surface area contributed by atoms with Crippen molar-refractivity contribution in [3.63, 3.8) is 0 Å². The molecule has 0 aromatic heterocycles. The molecule has 2 aromatic rings. The second kappa shape index (κ2) is 8.03. The fourth-order valence-electron chi connectivity index (χ4n) is 3.04. The molecule has 1 fully saturated rings. The van der Waals surface area contributed by atoms with Crippen LogP contribution in [0.1, 0.15) is 29.5 Å². The molecule has 1 N–H and O–H groups in total. The number of carbonyl (C=O) groups is 3. The molecule has 1 saturated heterocycles. The van der Waals surface area contributed by atoms with Crippen molar-refractivity contribution in [3.8, 4) is 5.75 Å². The molecule has 0 saturated carbocycles. The van der Waals surface area contributed by atoms with Crippen molar-refractivity contribution in [2.24, 2.45) is 0 Å². The number of nitrogens with one attached hydrogen (secondary N) is 1. The molecule has 6 nitrogen and oxygen atoms in total. The molecule has 27 heavy (non-hydrogen) atoms. The van der Waals surface area contributed by atoms with E-state index in [4.69, 9.17) is 4.74 Å². The number of para-hydroxylation sites is 1. The molecule has 0 radical (unpaired) electrons. The Hall–Kier alpha value is -3.15. The van der Waals surface area contributed by atoms with Crippen LogP contribution < -0.4 is 10.1 Å². The van der Waals surface area contributed by atoms with Crippen LogP contribution in [0.4, 0.5) is 5.69 Å². The number of ether oxygens (including phenoxy) is 1. The van der Waals surface area contributed by atoms with E-state index in [1.165, 1.54) is 4.90 Å². The van der Waals surface area contributed by atoms with E-state index in [-0.39, 0.29) is 43.7 Å². The Morgan fingerprint density at radius 2 is 1.59 bits per heavy atom. The molecule has 1 aliphatic rings. The minimum absolute atomic E-state index is 0.0791. The predicted molar refractivity (Wildman–Crippen MR) is 101 cm³/mol. The number of imide groups is 1. The van der Waals surface area contributed by atoms with Crippen LogP contribution in [-0.2, 0) is 20.9 Å². The summed E-state index contributed by atoms with van der Waals surface area (Å²) in [5.74, 6) is 0.195. The van der Waals surface area contributed by atoms with Gasteiger partial charge in [0.1, 0.15) is 5.75 Å². The fourth-order valence-corrected chi connectivity index (χ4v) is 3.04. The van der Waals surface area contributed by atoms with Crippen molar-refractivity contribution in [2.75, 3.05) is 11.9 Å². The number of benzene rings is 2. The summed E-state index contributed by atoms with van der Waals surface area (Å²) in [4.78, 5) is 36.7. The van der Waals surface area contributed by atoms with Crippen molar-refractivity contribution in [3.05, 3.63) is 59.2 Å². The van der Waals surface area contributed by atoms with Crippen molar-refractivity contribution >= 4 is 23.4 Å². The monoisotopic (exact) mass is 366 g/mol. The average Bonchev–Trinajstić information content (AvgIpc) is 2.95.